The topological polar surface area (TPSA) is 17.1 Å². The third kappa shape index (κ3) is 2.55. The highest BCUT2D eigenvalue weighted by Gasteiger charge is 2.14. The number of ketones is 1. The highest BCUT2D eigenvalue weighted by molar-refractivity contribution is 6.36. The molecule has 0 aromatic heterocycles. The van der Waals surface area contributed by atoms with E-state index in [1.807, 2.05) is 24.3 Å². The number of rotatable bonds is 2. The summed E-state index contributed by atoms with van der Waals surface area (Å²) in [5.74, 6) is -0.609. The lowest BCUT2D eigenvalue weighted by Gasteiger charge is -2.08. The fraction of sp³-hybridized carbons (Fsp3) is 0.0556. The van der Waals surface area contributed by atoms with Gasteiger partial charge in [0.15, 0.2) is 5.78 Å². The van der Waals surface area contributed by atoms with Crippen molar-refractivity contribution >= 4 is 28.2 Å². The molecule has 0 bridgehead atoms. The SMILES string of the molecule is Cc1cc(F)cc(C(=O)c2ccc(Cl)c3ccccc23)c1. The second-order valence-electron chi connectivity index (χ2n) is 4.99. The summed E-state index contributed by atoms with van der Waals surface area (Å²) in [6.45, 7) is 1.76. The molecule has 0 heterocycles. The molecule has 3 aromatic rings. The molecule has 0 N–H and O–H groups in total. The average molecular weight is 299 g/mol. The summed E-state index contributed by atoms with van der Waals surface area (Å²) >= 11 is 6.16. The molecule has 0 aliphatic rings. The molecule has 3 heteroatoms. The van der Waals surface area contributed by atoms with E-state index >= 15 is 0 Å². The molecule has 0 amide bonds. The second kappa shape index (κ2) is 5.30. The van der Waals surface area contributed by atoms with E-state index in [1.165, 1.54) is 12.1 Å². The molecule has 1 nitrogen and oxygen atoms in total. The van der Waals surface area contributed by atoms with E-state index in [9.17, 15) is 9.18 Å². The Morgan fingerprint density at radius 1 is 1.00 bits per heavy atom. The predicted octanol–water partition coefficient (Wildman–Crippen LogP) is 5.17. The van der Waals surface area contributed by atoms with Crippen molar-refractivity contribution < 1.29 is 9.18 Å². The van der Waals surface area contributed by atoms with E-state index in [0.29, 0.717) is 16.1 Å². The molecule has 3 aromatic carbocycles. The maximum Gasteiger partial charge on any atom is 0.193 e. The van der Waals surface area contributed by atoms with Gasteiger partial charge >= 0.3 is 0 Å². The highest BCUT2D eigenvalue weighted by atomic mass is 35.5. The predicted molar refractivity (Wildman–Crippen MR) is 83.5 cm³/mol. The monoisotopic (exact) mass is 298 g/mol. The minimum absolute atomic E-state index is 0.203. The van der Waals surface area contributed by atoms with Crippen LogP contribution in [0.3, 0.4) is 0 Å². The van der Waals surface area contributed by atoms with Gasteiger partial charge in [-0.15, -0.1) is 0 Å². The lowest BCUT2D eigenvalue weighted by molar-refractivity contribution is 0.104. The van der Waals surface area contributed by atoms with Gasteiger partial charge in [-0.2, -0.15) is 0 Å². The maximum absolute atomic E-state index is 13.5. The van der Waals surface area contributed by atoms with Gasteiger partial charge in [0.25, 0.3) is 0 Å². The van der Waals surface area contributed by atoms with Gasteiger partial charge < -0.3 is 0 Å². The van der Waals surface area contributed by atoms with E-state index in [2.05, 4.69) is 0 Å². The quantitative estimate of drug-likeness (QED) is 0.596. The van der Waals surface area contributed by atoms with Crippen LogP contribution in [0, 0.1) is 12.7 Å². The Hall–Kier alpha value is -2.19. The Kier molecular flexibility index (Phi) is 3.48. The van der Waals surface area contributed by atoms with Gasteiger partial charge in [0.05, 0.1) is 0 Å². The van der Waals surface area contributed by atoms with Gasteiger partial charge in [0.1, 0.15) is 5.82 Å². The maximum atomic E-state index is 13.5. The first-order chi connectivity index (χ1) is 10.1. The number of aryl methyl sites for hydroxylation is 1. The molecule has 0 unspecified atom stereocenters. The number of carbonyl (C=O) groups excluding carboxylic acids is 1. The third-order valence-corrected chi connectivity index (χ3v) is 3.75. The van der Waals surface area contributed by atoms with Crippen LogP contribution in [0.15, 0.2) is 54.6 Å². The van der Waals surface area contributed by atoms with Crippen LogP contribution in [-0.2, 0) is 0 Å². The van der Waals surface area contributed by atoms with Crippen LogP contribution >= 0.6 is 11.6 Å². The number of fused-ring (bicyclic) bond motifs is 1. The van der Waals surface area contributed by atoms with Gasteiger partial charge in [-0.25, -0.2) is 4.39 Å². The van der Waals surface area contributed by atoms with Crippen molar-refractivity contribution in [1.82, 2.24) is 0 Å². The Morgan fingerprint density at radius 3 is 2.43 bits per heavy atom. The fourth-order valence-electron chi connectivity index (χ4n) is 2.48. The number of benzene rings is 3. The molecule has 3 rings (SSSR count). The first-order valence-electron chi connectivity index (χ1n) is 6.55. The van der Waals surface area contributed by atoms with Gasteiger partial charge in [0, 0.05) is 21.5 Å². The zero-order valence-corrected chi connectivity index (χ0v) is 12.1. The van der Waals surface area contributed by atoms with Crippen molar-refractivity contribution in [1.29, 1.82) is 0 Å². The van der Waals surface area contributed by atoms with Crippen molar-refractivity contribution in [3.63, 3.8) is 0 Å². The molecule has 0 aliphatic carbocycles. The smallest absolute Gasteiger partial charge is 0.193 e. The molecular formula is C18H12ClFO. The van der Waals surface area contributed by atoms with E-state index in [-0.39, 0.29) is 5.78 Å². The van der Waals surface area contributed by atoms with E-state index in [1.54, 1.807) is 25.1 Å². The number of hydrogen-bond donors (Lipinski definition) is 0. The van der Waals surface area contributed by atoms with Crippen LogP contribution in [0.2, 0.25) is 5.02 Å². The first-order valence-corrected chi connectivity index (χ1v) is 6.93. The van der Waals surface area contributed by atoms with Crippen LogP contribution in [-0.4, -0.2) is 5.78 Å². The summed E-state index contributed by atoms with van der Waals surface area (Å²) in [5.41, 5.74) is 1.59. The molecule has 0 radical (unpaired) electrons. The van der Waals surface area contributed by atoms with Gasteiger partial charge in [-0.3, -0.25) is 4.79 Å². The molecular weight excluding hydrogens is 287 g/mol. The van der Waals surface area contributed by atoms with E-state index in [4.69, 9.17) is 11.6 Å². The average Bonchev–Trinajstić information content (AvgIpc) is 2.46. The second-order valence-corrected chi connectivity index (χ2v) is 5.39. The molecule has 104 valence electrons. The van der Waals surface area contributed by atoms with E-state index < -0.39 is 5.82 Å². The minimum Gasteiger partial charge on any atom is -0.289 e. The van der Waals surface area contributed by atoms with Crippen LogP contribution in [0.5, 0.6) is 0 Å². The molecule has 21 heavy (non-hydrogen) atoms. The standard InChI is InChI=1S/C18H12ClFO/c1-11-8-12(10-13(20)9-11)18(21)16-6-7-17(19)15-5-3-2-4-14(15)16/h2-10H,1H3. The van der Waals surface area contributed by atoms with Gasteiger partial charge in [-0.05, 0) is 48.2 Å². The molecule has 0 aliphatic heterocycles. The zero-order valence-electron chi connectivity index (χ0n) is 11.4. The van der Waals surface area contributed by atoms with Crippen LogP contribution in [0.4, 0.5) is 4.39 Å². The minimum atomic E-state index is -0.406. The molecule has 0 spiro atoms. The van der Waals surface area contributed by atoms with Crippen LogP contribution < -0.4 is 0 Å². The summed E-state index contributed by atoms with van der Waals surface area (Å²) in [7, 11) is 0. The lowest BCUT2D eigenvalue weighted by atomic mass is 9.96. The number of carbonyl (C=O) groups is 1. The fourth-order valence-corrected chi connectivity index (χ4v) is 2.71. The van der Waals surface area contributed by atoms with E-state index in [0.717, 1.165) is 16.3 Å². The Bertz CT molecular complexity index is 835. The highest BCUT2D eigenvalue weighted by Crippen LogP contribution is 2.28. The summed E-state index contributed by atoms with van der Waals surface area (Å²) < 4.78 is 13.5. The van der Waals surface area contributed by atoms with Crippen molar-refractivity contribution in [2.24, 2.45) is 0 Å². The molecule has 0 saturated carbocycles. The van der Waals surface area contributed by atoms with Crippen molar-refractivity contribution in [2.45, 2.75) is 6.92 Å². The zero-order chi connectivity index (χ0) is 15.0. The Balaban J connectivity index is 2.20. The summed E-state index contributed by atoms with van der Waals surface area (Å²) in [5, 5.41) is 2.19. The third-order valence-electron chi connectivity index (χ3n) is 3.42. The van der Waals surface area contributed by atoms with Gasteiger partial charge in [0.2, 0.25) is 0 Å². The van der Waals surface area contributed by atoms with Crippen LogP contribution in [0.1, 0.15) is 21.5 Å². The molecule has 0 fully saturated rings. The Morgan fingerprint density at radius 2 is 1.71 bits per heavy atom. The summed E-state index contributed by atoms with van der Waals surface area (Å²) in [6.07, 6.45) is 0. The number of halogens is 2. The molecule has 0 atom stereocenters. The van der Waals surface area contributed by atoms with Crippen molar-refractivity contribution in [3.8, 4) is 0 Å². The summed E-state index contributed by atoms with van der Waals surface area (Å²) in [6, 6.07) is 15.2. The van der Waals surface area contributed by atoms with Gasteiger partial charge in [-0.1, -0.05) is 35.9 Å². The lowest BCUT2D eigenvalue weighted by Crippen LogP contribution is -2.03. The molecule has 0 saturated heterocycles. The normalized spacial score (nSPS) is 10.8. The van der Waals surface area contributed by atoms with Crippen LogP contribution in [0.25, 0.3) is 10.8 Å². The Labute approximate surface area is 127 Å². The van der Waals surface area contributed by atoms with Crippen molar-refractivity contribution in [3.05, 3.63) is 82.1 Å². The first kappa shape index (κ1) is 13.8. The largest absolute Gasteiger partial charge is 0.289 e. The van der Waals surface area contributed by atoms with Crippen molar-refractivity contribution in [2.75, 3.05) is 0 Å². The number of hydrogen-bond acceptors (Lipinski definition) is 1. The summed E-state index contributed by atoms with van der Waals surface area (Å²) in [4.78, 5) is 12.7.